The number of nitrogens with one attached hydrogen (secondary N) is 2. The highest BCUT2D eigenvalue weighted by Crippen LogP contribution is 2.34. The first-order valence-electron chi connectivity index (χ1n) is 13.4. The zero-order valence-corrected chi connectivity index (χ0v) is 23.5. The van der Waals surface area contributed by atoms with Gasteiger partial charge in [0.25, 0.3) is 0 Å². The van der Waals surface area contributed by atoms with Crippen molar-refractivity contribution in [2.45, 2.75) is 70.5 Å². The second-order valence-electron chi connectivity index (χ2n) is 9.99. The predicted octanol–water partition coefficient (Wildman–Crippen LogP) is 5.72. The minimum Gasteiger partial charge on any atom is -0.373 e. The molecule has 2 heterocycles. The molecule has 4 rings (SSSR count). The van der Waals surface area contributed by atoms with Gasteiger partial charge >= 0.3 is 0 Å². The molecule has 2 N–H and O–H groups in total. The number of hydrogen-bond acceptors (Lipinski definition) is 7. The average Bonchev–Trinajstić information content (AvgIpc) is 3.33. The molecule has 6 nitrogen and oxygen atoms in total. The molecule has 2 fully saturated rings. The zero-order chi connectivity index (χ0) is 26.9. The molecule has 1 saturated carbocycles. The van der Waals surface area contributed by atoms with Gasteiger partial charge in [0.15, 0.2) is 0 Å². The van der Waals surface area contributed by atoms with Gasteiger partial charge in [-0.15, -0.1) is 0 Å². The maximum Gasteiger partial charge on any atom is 0.141 e. The maximum atomic E-state index is 13.4. The summed E-state index contributed by atoms with van der Waals surface area (Å²) in [5.41, 5.74) is 11.5. The van der Waals surface area contributed by atoms with E-state index in [-0.39, 0.29) is 6.04 Å². The Morgan fingerprint density at radius 2 is 2.05 bits per heavy atom. The van der Waals surface area contributed by atoms with Crippen LogP contribution >= 0.6 is 11.8 Å². The van der Waals surface area contributed by atoms with E-state index in [4.69, 9.17) is 9.73 Å². The van der Waals surface area contributed by atoms with Crippen LogP contribution < -0.4 is 10.9 Å². The van der Waals surface area contributed by atoms with E-state index < -0.39 is 6.17 Å². The maximum absolute atomic E-state index is 13.4. The fourth-order valence-corrected chi connectivity index (χ4v) is 5.44. The van der Waals surface area contributed by atoms with Crippen molar-refractivity contribution >= 4 is 23.3 Å². The van der Waals surface area contributed by atoms with Crippen LogP contribution in [-0.2, 0) is 11.3 Å². The molecule has 204 valence electrons. The van der Waals surface area contributed by atoms with Crippen molar-refractivity contribution in [1.29, 1.82) is 0 Å². The number of rotatable bonds is 13. The van der Waals surface area contributed by atoms with Gasteiger partial charge < -0.3 is 9.64 Å². The number of fused-ring (bicyclic) bond motifs is 1. The first-order valence-corrected chi connectivity index (χ1v) is 14.3. The van der Waals surface area contributed by atoms with Gasteiger partial charge in [0, 0.05) is 48.3 Å². The third-order valence-corrected chi connectivity index (χ3v) is 7.83. The highest BCUT2D eigenvalue weighted by molar-refractivity contribution is 8.06. The van der Waals surface area contributed by atoms with Gasteiger partial charge in [0.1, 0.15) is 12.0 Å². The topological polar surface area (TPSA) is 61.3 Å². The summed E-state index contributed by atoms with van der Waals surface area (Å²) in [6.07, 6.45) is 8.46. The molecule has 0 spiro atoms. The Morgan fingerprint density at radius 3 is 2.76 bits per heavy atom. The number of allylic oxidation sites excluding steroid dienone is 3. The van der Waals surface area contributed by atoms with E-state index >= 15 is 0 Å². The Bertz CT molecular complexity index is 1100. The summed E-state index contributed by atoms with van der Waals surface area (Å²) in [6.45, 7) is 9.86. The van der Waals surface area contributed by atoms with Gasteiger partial charge in [0.05, 0.1) is 25.0 Å². The van der Waals surface area contributed by atoms with Gasteiger partial charge in [-0.05, 0) is 50.2 Å². The second-order valence-corrected chi connectivity index (χ2v) is 11.0. The summed E-state index contributed by atoms with van der Waals surface area (Å²) in [5.74, 6) is 0.922. The Balaban J connectivity index is 1.36. The SMILES string of the molecule is C=C(S/C=C\C)C1=NCC(C(/C=C\CC(C)F)=N/C)=C2CC(NNC3CC(OCc4ccccc4)C3)CN12. The highest BCUT2D eigenvalue weighted by atomic mass is 32.2. The number of ether oxygens (including phenoxy) is 1. The van der Waals surface area contributed by atoms with Crippen molar-refractivity contribution in [3.63, 3.8) is 0 Å². The van der Waals surface area contributed by atoms with Crippen LogP contribution in [0.4, 0.5) is 4.39 Å². The van der Waals surface area contributed by atoms with E-state index in [0.29, 0.717) is 31.7 Å². The van der Waals surface area contributed by atoms with E-state index in [1.165, 1.54) is 11.3 Å². The van der Waals surface area contributed by atoms with E-state index in [1.54, 1.807) is 25.7 Å². The molecule has 1 saturated heterocycles. The Morgan fingerprint density at radius 1 is 1.29 bits per heavy atom. The molecular weight excluding hydrogens is 497 g/mol. The normalized spacial score (nSPS) is 24.6. The van der Waals surface area contributed by atoms with Gasteiger partial charge in [-0.25, -0.2) is 4.39 Å². The van der Waals surface area contributed by atoms with E-state index in [1.807, 2.05) is 48.8 Å². The lowest BCUT2D eigenvalue weighted by Gasteiger charge is -2.36. The van der Waals surface area contributed by atoms with Gasteiger partial charge in [-0.2, -0.15) is 0 Å². The zero-order valence-electron chi connectivity index (χ0n) is 22.7. The smallest absolute Gasteiger partial charge is 0.141 e. The van der Waals surface area contributed by atoms with Crippen molar-refractivity contribution in [3.05, 3.63) is 82.3 Å². The van der Waals surface area contributed by atoms with Crippen LogP contribution in [0, 0.1) is 0 Å². The van der Waals surface area contributed by atoms with Gasteiger partial charge in [0.2, 0.25) is 0 Å². The van der Waals surface area contributed by atoms with Crippen LogP contribution in [0.2, 0.25) is 0 Å². The van der Waals surface area contributed by atoms with Crippen LogP contribution in [0.3, 0.4) is 0 Å². The lowest BCUT2D eigenvalue weighted by Crippen LogP contribution is -2.54. The predicted molar refractivity (Wildman–Crippen MR) is 158 cm³/mol. The summed E-state index contributed by atoms with van der Waals surface area (Å²) in [7, 11) is 1.79. The molecule has 0 radical (unpaired) electrons. The lowest BCUT2D eigenvalue weighted by atomic mass is 9.90. The summed E-state index contributed by atoms with van der Waals surface area (Å²) < 4.78 is 19.4. The third-order valence-electron chi connectivity index (χ3n) is 6.96. The summed E-state index contributed by atoms with van der Waals surface area (Å²) in [4.78, 5) is 12.6. The number of thioether (sulfide) groups is 1. The molecule has 38 heavy (non-hydrogen) atoms. The summed E-state index contributed by atoms with van der Waals surface area (Å²) in [6, 6.07) is 10.9. The fraction of sp³-hybridized carbons (Fsp3) is 0.467. The Kier molecular flexibility index (Phi) is 10.5. The molecule has 0 bridgehead atoms. The monoisotopic (exact) mass is 537 g/mol. The third kappa shape index (κ3) is 7.53. The molecule has 1 aromatic rings. The van der Waals surface area contributed by atoms with Crippen LogP contribution in [0.1, 0.15) is 45.1 Å². The van der Waals surface area contributed by atoms with Crippen molar-refractivity contribution in [1.82, 2.24) is 15.8 Å². The van der Waals surface area contributed by atoms with E-state index in [9.17, 15) is 4.39 Å². The van der Waals surface area contributed by atoms with Crippen molar-refractivity contribution in [2.24, 2.45) is 9.98 Å². The number of aliphatic imine (C=N–C) groups is 2. The van der Waals surface area contributed by atoms with Gasteiger partial charge in [-0.1, -0.05) is 60.8 Å². The standard InChI is InChI=1S/C30H40FN5OS/c1-5-14-38-22(3)30-33-18-27(28(32-4)13-9-10-21(2)31)29-17-25(19-36(29)30)35-34-24-15-26(16-24)37-20-23-11-7-6-8-12-23/h5-9,11-14,21,24-26,34-35H,3,10,15-20H2,1-2,4H3/b13-9-,14-5-,32-28+. The molecule has 0 aromatic heterocycles. The average molecular weight is 538 g/mol. The second kappa shape index (κ2) is 14.0. The summed E-state index contributed by atoms with van der Waals surface area (Å²) >= 11 is 1.59. The number of nitrogens with zero attached hydrogens (tertiary/aromatic N) is 3. The number of hydrazine groups is 1. The van der Waals surface area contributed by atoms with Crippen LogP contribution in [0.15, 0.2) is 86.7 Å². The molecule has 2 unspecified atom stereocenters. The first kappa shape index (κ1) is 28.5. The molecule has 8 heteroatoms. The molecule has 0 amide bonds. The quantitative estimate of drug-likeness (QED) is 0.249. The Labute approximate surface area is 230 Å². The Hall–Kier alpha value is -2.52. The first-order chi connectivity index (χ1) is 18.5. The highest BCUT2D eigenvalue weighted by Gasteiger charge is 2.37. The van der Waals surface area contributed by atoms with Crippen LogP contribution in [-0.4, -0.2) is 60.9 Å². The molecule has 3 aliphatic rings. The lowest BCUT2D eigenvalue weighted by molar-refractivity contribution is -0.0301. The molecule has 2 atom stereocenters. The molecule has 1 aromatic carbocycles. The molecule has 1 aliphatic carbocycles. The van der Waals surface area contributed by atoms with Crippen LogP contribution in [0.25, 0.3) is 0 Å². The van der Waals surface area contributed by atoms with Gasteiger partial charge in [-0.3, -0.25) is 20.8 Å². The van der Waals surface area contributed by atoms with Crippen molar-refractivity contribution < 1.29 is 9.13 Å². The number of alkyl halides is 1. The number of benzene rings is 1. The van der Waals surface area contributed by atoms with Crippen molar-refractivity contribution in [2.75, 3.05) is 20.1 Å². The number of amidine groups is 1. The number of hydrogen-bond donors (Lipinski definition) is 2. The number of halogens is 1. The molecule has 2 aliphatic heterocycles. The van der Waals surface area contributed by atoms with Crippen LogP contribution in [0.5, 0.6) is 0 Å². The minimum absolute atomic E-state index is 0.222. The van der Waals surface area contributed by atoms with Crippen molar-refractivity contribution in [3.8, 4) is 0 Å². The largest absolute Gasteiger partial charge is 0.373 e. The van der Waals surface area contributed by atoms with E-state index in [2.05, 4.69) is 39.5 Å². The molecular formula is C30H40FN5OS. The summed E-state index contributed by atoms with van der Waals surface area (Å²) in [5, 5.41) is 2.03. The fourth-order valence-electron chi connectivity index (χ4n) is 4.86. The van der Waals surface area contributed by atoms with E-state index in [0.717, 1.165) is 47.8 Å². The minimum atomic E-state index is -0.873.